The summed E-state index contributed by atoms with van der Waals surface area (Å²) in [6, 6.07) is -0.684. The molecule has 7 fully saturated rings. The third kappa shape index (κ3) is 13.1. The third-order valence-corrected chi connectivity index (χ3v) is 21.6. The number of allylic oxidation sites excluding steroid dienone is 4. The van der Waals surface area contributed by atoms with Gasteiger partial charge >= 0.3 is 5.97 Å². The number of ketones is 1. The molecule has 4 aliphatic carbocycles. The number of aliphatic hydroxyl groups is 6. The van der Waals surface area contributed by atoms with E-state index in [1.165, 1.54) is 6.92 Å². The Morgan fingerprint density at radius 1 is 0.648 bits per heavy atom. The van der Waals surface area contributed by atoms with Crippen molar-refractivity contribution in [2.75, 3.05) is 0 Å². The molecule has 2 bridgehead atoms. The minimum Gasteiger partial charge on any atom is -0.511 e. The molecule has 88 heavy (non-hydrogen) atoms. The summed E-state index contributed by atoms with van der Waals surface area (Å²) >= 11 is 0. The van der Waals surface area contributed by atoms with Crippen molar-refractivity contribution in [1.29, 1.82) is 0 Å². The van der Waals surface area contributed by atoms with Gasteiger partial charge in [0.2, 0.25) is 11.7 Å². The van der Waals surface area contributed by atoms with E-state index in [2.05, 4.69) is 50.4 Å². The summed E-state index contributed by atoms with van der Waals surface area (Å²) in [5.74, 6) is -4.60. The molecule has 31 unspecified atom stereocenters. The SMILES string of the molecule is CCC1C=CC2/C=C(\C)C(OC3CC(C)(O)C(NC(C)=O)C(C)O3)C(C)/C=C(\C)C3C=CC4C(OC5CC(O)C(OC6CC(OC7CCC(O)C(C)O7)C(OC7CC(O)C(O)C(C)O7)C(C)O6)C(C)O5)C(C)CC(C)C4C3(C)/C(O)=C3\C(=O)OC2(C1)C3=O. The Morgan fingerprint density at radius 3 is 1.92 bits per heavy atom. The Kier molecular flexibility index (Phi) is 20.3. The van der Waals surface area contributed by atoms with E-state index in [1.807, 2.05) is 53.7 Å². The van der Waals surface area contributed by atoms with E-state index in [0.717, 1.165) is 11.1 Å². The Labute approximate surface area is 518 Å². The number of hydrogen-bond acceptors (Lipinski definition) is 20. The monoisotopic (exact) mass is 1240 g/mol. The summed E-state index contributed by atoms with van der Waals surface area (Å²) < 4.78 is 71.8. The summed E-state index contributed by atoms with van der Waals surface area (Å²) in [4.78, 5) is 42.6. The summed E-state index contributed by atoms with van der Waals surface area (Å²) in [7, 11) is 0. The van der Waals surface area contributed by atoms with Gasteiger partial charge in [0.15, 0.2) is 37.1 Å². The van der Waals surface area contributed by atoms with Crippen LogP contribution in [-0.4, -0.2) is 182 Å². The molecule has 10 rings (SSSR count). The molecule has 31 atom stereocenters. The first-order valence-electron chi connectivity index (χ1n) is 32.7. The van der Waals surface area contributed by atoms with Crippen molar-refractivity contribution in [1.82, 2.24) is 5.32 Å². The van der Waals surface area contributed by atoms with Crippen molar-refractivity contribution in [2.45, 2.75) is 289 Å². The molecule has 1 spiro atoms. The zero-order valence-corrected chi connectivity index (χ0v) is 53.9. The van der Waals surface area contributed by atoms with E-state index in [9.17, 15) is 40.2 Å². The normalized spacial score (nSPS) is 52.0. The number of amides is 1. The predicted molar refractivity (Wildman–Crippen MR) is 318 cm³/mol. The third-order valence-electron chi connectivity index (χ3n) is 21.6. The number of fused-ring (bicyclic) bond motifs is 4. The van der Waals surface area contributed by atoms with Gasteiger partial charge in [0.25, 0.3) is 0 Å². The molecule has 21 nitrogen and oxygen atoms in total. The number of nitrogens with one attached hydrogen (secondary N) is 1. The number of carbonyl (C=O) groups is 3. The van der Waals surface area contributed by atoms with Gasteiger partial charge in [0.05, 0.1) is 78.8 Å². The van der Waals surface area contributed by atoms with Gasteiger partial charge in [0.1, 0.15) is 29.6 Å². The van der Waals surface area contributed by atoms with E-state index in [0.29, 0.717) is 25.7 Å². The Morgan fingerprint density at radius 2 is 1.27 bits per heavy atom. The number of Topliss-reactive ketones (excluding diaryl/α,β-unsaturated/α-hetero) is 1. The van der Waals surface area contributed by atoms with Crippen molar-refractivity contribution >= 4 is 17.7 Å². The highest BCUT2D eigenvalue weighted by Gasteiger charge is 2.64. The standard InChI is InChI=1S/C67H101NO20/c1-15-41-16-17-42-24-34(6)57(87-53-29-65(13,77)61(39(11)82-53)68-40(12)69)32(4)22-30(2)44-19-18-43-55(66(44,14)62(74)54-63(75)67(42,28-41)88-64(54)76)31(3)23-33(5)58(43)84-51-26-47(72)59(37(9)80-51)85-52-27-48(83-49-21-20-45(70)35(7)78-49)60(38(10)81-52)86-50-25-46(71)56(73)36(8)79-50/h16-19,22,24,31-33,35-39,41-53,55-61,70-74,77H,15,20-21,23,25-29H2,1-14H3,(H,68,69)/b30-22+,34-24+,62-54+. The fraction of sp³-hybridized carbons (Fsp3) is 0.806. The van der Waals surface area contributed by atoms with Crippen LogP contribution in [0.2, 0.25) is 0 Å². The molecule has 0 aromatic carbocycles. The highest BCUT2D eigenvalue weighted by atomic mass is 16.8. The van der Waals surface area contributed by atoms with Crippen LogP contribution in [0, 0.1) is 52.8 Å². The molecular formula is C67H101NO20. The van der Waals surface area contributed by atoms with Gasteiger partial charge in [-0.15, -0.1) is 0 Å². The lowest BCUT2D eigenvalue weighted by atomic mass is 9.49. The van der Waals surface area contributed by atoms with Gasteiger partial charge in [-0.2, -0.15) is 0 Å². The van der Waals surface area contributed by atoms with E-state index in [-0.39, 0.29) is 78.9 Å². The maximum atomic E-state index is 15.6. The first-order chi connectivity index (χ1) is 41.4. The second kappa shape index (κ2) is 26.5. The number of ether oxygens (including phenoxy) is 11. The van der Waals surface area contributed by atoms with Crippen LogP contribution < -0.4 is 5.32 Å². The average molecular weight is 1240 g/mol. The lowest BCUT2D eigenvalue weighted by Crippen LogP contribution is -2.62. The number of aliphatic hydroxyl groups excluding tert-OH is 5. The molecule has 1 amide bonds. The summed E-state index contributed by atoms with van der Waals surface area (Å²) in [6.07, 6.45) is 0.521. The average Bonchev–Trinajstić information content (AvgIpc) is 1.99. The second-order valence-electron chi connectivity index (χ2n) is 28.3. The quantitative estimate of drug-likeness (QED) is 0.0615. The van der Waals surface area contributed by atoms with Gasteiger partial charge in [-0.25, -0.2) is 4.79 Å². The number of rotatable bonds is 12. The first-order valence-corrected chi connectivity index (χ1v) is 32.7. The largest absolute Gasteiger partial charge is 0.511 e. The van der Waals surface area contributed by atoms with Crippen molar-refractivity contribution in [3.63, 3.8) is 0 Å². The maximum absolute atomic E-state index is 15.6. The molecular weight excluding hydrogens is 1140 g/mol. The zero-order chi connectivity index (χ0) is 63.8. The predicted octanol–water partition coefficient (Wildman–Crippen LogP) is 6.60. The summed E-state index contributed by atoms with van der Waals surface area (Å²) in [6.45, 7) is 26.2. The van der Waals surface area contributed by atoms with Crippen LogP contribution in [-0.2, 0) is 66.5 Å². The molecule has 6 heterocycles. The zero-order valence-electron chi connectivity index (χ0n) is 53.9. The van der Waals surface area contributed by atoms with Gasteiger partial charge in [0, 0.05) is 74.5 Å². The molecule has 1 saturated carbocycles. The lowest BCUT2D eigenvalue weighted by Gasteiger charge is -2.57. The topological polar surface area (TPSA) is 286 Å². The molecule has 0 aromatic heterocycles. The van der Waals surface area contributed by atoms with Crippen LogP contribution in [0.3, 0.4) is 0 Å². The first kappa shape index (κ1) is 67.4. The van der Waals surface area contributed by atoms with Gasteiger partial charge in [-0.05, 0) is 104 Å². The van der Waals surface area contributed by atoms with Crippen LogP contribution in [0.4, 0.5) is 0 Å². The smallest absolute Gasteiger partial charge is 0.346 e. The minimum atomic E-state index is -1.65. The fourth-order valence-corrected chi connectivity index (χ4v) is 17.0. The highest BCUT2D eigenvalue weighted by Crippen LogP contribution is 2.61. The van der Waals surface area contributed by atoms with Crippen molar-refractivity contribution in [3.8, 4) is 0 Å². The van der Waals surface area contributed by atoms with Crippen LogP contribution in [0.5, 0.6) is 0 Å². The molecule has 6 aliphatic heterocycles. The number of hydrogen-bond donors (Lipinski definition) is 7. The number of carbonyl (C=O) groups excluding carboxylic acids is 3. The van der Waals surface area contributed by atoms with E-state index in [1.54, 1.807) is 27.7 Å². The fourth-order valence-electron chi connectivity index (χ4n) is 17.0. The summed E-state index contributed by atoms with van der Waals surface area (Å²) in [5.41, 5.74) is -3.02. The van der Waals surface area contributed by atoms with E-state index < -0.39 is 169 Å². The second-order valence-corrected chi connectivity index (χ2v) is 28.3. The molecule has 494 valence electrons. The molecule has 0 radical (unpaired) electrons. The molecule has 7 N–H and O–H groups in total. The minimum absolute atomic E-state index is 0.0322. The molecule has 0 aromatic rings. The van der Waals surface area contributed by atoms with Crippen molar-refractivity contribution < 1.29 is 97.1 Å². The van der Waals surface area contributed by atoms with Gasteiger partial charge in [-0.3, -0.25) is 9.59 Å². The van der Waals surface area contributed by atoms with Crippen molar-refractivity contribution in [2.24, 2.45) is 52.8 Å². The van der Waals surface area contributed by atoms with Crippen molar-refractivity contribution in [3.05, 3.63) is 58.9 Å². The van der Waals surface area contributed by atoms with Crippen LogP contribution in [0.1, 0.15) is 155 Å². The lowest BCUT2D eigenvalue weighted by molar-refractivity contribution is -0.352. The Hall–Kier alpha value is -3.49. The van der Waals surface area contributed by atoms with Gasteiger partial charge < -0.3 is 88.1 Å². The number of esters is 1. The maximum Gasteiger partial charge on any atom is 0.346 e. The molecule has 6 saturated heterocycles. The molecule has 21 heteroatoms. The molecule has 10 aliphatic rings. The van der Waals surface area contributed by atoms with E-state index >= 15 is 4.79 Å². The van der Waals surface area contributed by atoms with Gasteiger partial charge in [-0.1, -0.05) is 76.6 Å². The van der Waals surface area contributed by atoms with Crippen LogP contribution in [0.25, 0.3) is 0 Å². The van der Waals surface area contributed by atoms with Crippen LogP contribution >= 0.6 is 0 Å². The highest BCUT2D eigenvalue weighted by molar-refractivity contribution is 6.26. The Balaban J connectivity index is 0.913. The van der Waals surface area contributed by atoms with Crippen LogP contribution in [0.15, 0.2) is 58.9 Å². The van der Waals surface area contributed by atoms with E-state index in [4.69, 9.17) is 52.1 Å². The summed E-state index contributed by atoms with van der Waals surface area (Å²) in [5, 5.41) is 71.4. The Bertz CT molecular complexity index is 2670.